The Labute approximate surface area is 229 Å². The minimum Gasteiger partial charge on any atom is -0.494 e. The van der Waals surface area contributed by atoms with Crippen LogP contribution >= 0.6 is 0 Å². The van der Waals surface area contributed by atoms with Crippen molar-refractivity contribution in [1.29, 1.82) is 0 Å². The average Bonchev–Trinajstić information content (AvgIpc) is 2.95. The van der Waals surface area contributed by atoms with Gasteiger partial charge in [0.05, 0.1) is 6.61 Å². The van der Waals surface area contributed by atoms with Crippen LogP contribution in [-0.2, 0) is 6.42 Å². The summed E-state index contributed by atoms with van der Waals surface area (Å²) in [5.41, 5.74) is 3.56. The summed E-state index contributed by atoms with van der Waals surface area (Å²) >= 11 is 0. The fraction of sp³-hybridized carbons (Fsp3) is 0.486. The van der Waals surface area contributed by atoms with Crippen molar-refractivity contribution in [3.8, 4) is 28.0 Å². The van der Waals surface area contributed by atoms with Crippen LogP contribution in [0.25, 0.3) is 22.3 Å². The molecule has 0 saturated carbocycles. The van der Waals surface area contributed by atoms with E-state index in [1.807, 2.05) is 48.5 Å². The molecule has 3 aromatic carbocycles. The quantitative estimate of drug-likeness (QED) is 0.152. The van der Waals surface area contributed by atoms with Crippen LogP contribution in [0.1, 0.15) is 103 Å². The van der Waals surface area contributed by atoms with Gasteiger partial charge in [0.2, 0.25) is 0 Å². The predicted molar refractivity (Wildman–Crippen MR) is 158 cm³/mol. The molecule has 38 heavy (non-hydrogen) atoms. The lowest BCUT2D eigenvalue weighted by atomic mass is 9.97. The Bertz CT molecular complexity index is 1060. The van der Waals surface area contributed by atoms with E-state index in [0.29, 0.717) is 23.1 Å². The van der Waals surface area contributed by atoms with Gasteiger partial charge in [-0.05, 0) is 53.6 Å². The number of aryl methyl sites for hydroxylation is 1. The van der Waals surface area contributed by atoms with Gasteiger partial charge < -0.3 is 4.74 Å². The minimum atomic E-state index is -0.754. The zero-order valence-electron chi connectivity index (χ0n) is 23.5. The molecule has 0 atom stereocenters. The lowest BCUT2D eigenvalue weighted by Gasteiger charge is -2.10. The van der Waals surface area contributed by atoms with Gasteiger partial charge in [-0.15, -0.1) is 0 Å². The van der Waals surface area contributed by atoms with E-state index in [9.17, 15) is 8.78 Å². The molecule has 206 valence electrons. The molecule has 0 bridgehead atoms. The third-order valence-electron chi connectivity index (χ3n) is 7.36. The summed E-state index contributed by atoms with van der Waals surface area (Å²) < 4.78 is 35.3. The highest BCUT2D eigenvalue weighted by Crippen LogP contribution is 2.30. The molecule has 0 N–H and O–H groups in total. The van der Waals surface area contributed by atoms with Crippen LogP contribution in [0, 0.1) is 11.6 Å². The van der Waals surface area contributed by atoms with E-state index in [1.54, 1.807) is 12.1 Å². The maximum atomic E-state index is 14.8. The molecular formula is C35H46F2O. The maximum Gasteiger partial charge on any atom is 0.166 e. The minimum absolute atomic E-state index is 0.309. The number of hydrogen-bond donors (Lipinski definition) is 0. The Morgan fingerprint density at radius 3 is 1.61 bits per heavy atom. The zero-order chi connectivity index (χ0) is 27.0. The second kappa shape index (κ2) is 17.0. The summed E-state index contributed by atoms with van der Waals surface area (Å²) in [5.74, 6) is -0.579. The maximum absolute atomic E-state index is 14.8. The Kier molecular flexibility index (Phi) is 13.4. The van der Waals surface area contributed by atoms with Crippen molar-refractivity contribution in [3.63, 3.8) is 0 Å². The first-order valence-electron chi connectivity index (χ1n) is 14.9. The SMILES string of the molecule is CCCCCCCCCCCCOc1ccc(-c2ccc(-c3ccc(CCCCC)c(F)c3F)cc2)cc1. The highest BCUT2D eigenvalue weighted by atomic mass is 19.2. The molecule has 0 amide bonds. The van der Waals surface area contributed by atoms with Gasteiger partial charge in [0.15, 0.2) is 11.6 Å². The van der Waals surface area contributed by atoms with Crippen molar-refractivity contribution in [2.75, 3.05) is 6.61 Å². The number of halogens is 2. The predicted octanol–water partition coefficient (Wildman–Crippen LogP) is 11.3. The van der Waals surface area contributed by atoms with Crippen molar-refractivity contribution in [3.05, 3.63) is 77.9 Å². The number of rotatable bonds is 18. The molecule has 3 heteroatoms. The van der Waals surface area contributed by atoms with Gasteiger partial charge in [-0.25, -0.2) is 8.78 Å². The van der Waals surface area contributed by atoms with E-state index in [1.165, 1.54) is 57.8 Å². The third-order valence-corrected chi connectivity index (χ3v) is 7.36. The van der Waals surface area contributed by atoms with E-state index in [2.05, 4.69) is 13.8 Å². The average molecular weight is 521 g/mol. The van der Waals surface area contributed by atoms with E-state index in [4.69, 9.17) is 4.74 Å². The van der Waals surface area contributed by atoms with Gasteiger partial charge in [-0.1, -0.05) is 133 Å². The molecule has 0 aromatic heterocycles. The van der Waals surface area contributed by atoms with Gasteiger partial charge in [-0.2, -0.15) is 0 Å². The molecular weight excluding hydrogens is 474 g/mol. The molecule has 0 unspecified atom stereocenters. The second-order valence-corrected chi connectivity index (χ2v) is 10.5. The fourth-order valence-corrected chi connectivity index (χ4v) is 4.94. The van der Waals surface area contributed by atoms with E-state index < -0.39 is 11.6 Å². The van der Waals surface area contributed by atoms with Crippen LogP contribution in [0.5, 0.6) is 5.75 Å². The van der Waals surface area contributed by atoms with Gasteiger partial charge in [0, 0.05) is 5.56 Å². The molecule has 0 heterocycles. The summed E-state index contributed by atoms with van der Waals surface area (Å²) in [4.78, 5) is 0. The molecule has 0 aliphatic heterocycles. The molecule has 0 radical (unpaired) electrons. The molecule has 0 aliphatic carbocycles. The standard InChI is InChI=1S/C35H46F2O/c1-3-5-7-8-9-10-11-12-13-15-27-38-32-24-21-29(22-25-32)28-17-19-30(20-18-28)33-26-23-31(16-14-6-4-2)34(36)35(33)37/h17-26H,3-16,27H2,1-2H3. The van der Waals surface area contributed by atoms with E-state index in [0.717, 1.165) is 49.2 Å². The monoisotopic (exact) mass is 520 g/mol. The Hall–Kier alpha value is -2.68. The third kappa shape index (κ3) is 9.57. The largest absolute Gasteiger partial charge is 0.494 e. The van der Waals surface area contributed by atoms with E-state index in [-0.39, 0.29) is 0 Å². The Morgan fingerprint density at radius 1 is 0.500 bits per heavy atom. The van der Waals surface area contributed by atoms with Gasteiger partial charge in [-0.3, -0.25) is 0 Å². The number of hydrogen-bond acceptors (Lipinski definition) is 1. The van der Waals surface area contributed by atoms with Crippen LogP contribution in [0.3, 0.4) is 0 Å². The Balaban J connectivity index is 1.43. The van der Waals surface area contributed by atoms with Crippen LogP contribution in [0.4, 0.5) is 8.78 Å². The first-order chi connectivity index (χ1) is 18.6. The van der Waals surface area contributed by atoms with Gasteiger partial charge >= 0.3 is 0 Å². The van der Waals surface area contributed by atoms with Crippen LogP contribution in [0.15, 0.2) is 60.7 Å². The van der Waals surface area contributed by atoms with Crippen molar-refractivity contribution >= 4 is 0 Å². The summed E-state index contributed by atoms with van der Waals surface area (Å²) in [6.45, 7) is 5.12. The highest BCUT2D eigenvalue weighted by molar-refractivity contribution is 5.71. The summed E-state index contributed by atoms with van der Waals surface area (Å²) in [6, 6.07) is 19.2. The van der Waals surface area contributed by atoms with Gasteiger partial charge in [0.1, 0.15) is 5.75 Å². The van der Waals surface area contributed by atoms with E-state index >= 15 is 0 Å². The van der Waals surface area contributed by atoms with Crippen molar-refractivity contribution < 1.29 is 13.5 Å². The summed E-state index contributed by atoms with van der Waals surface area (Å²) in [5, 5.41) is 0. The molecule has 0 fully saturated rings. The summed E-state index contributed by atoms with van der Waals surface area (Å²) in [6.07, 6.45) is 16.7. The van der Waals surface area contributed by atoms with Crippen molar-refractivity contribution in [1.82, 2.24) is 0 Å². The molecule has 3 aromatic rings. The van der Waals surface area contributed by atoms with Crippen molar-refractivity contribution in [2.24, 2.45) is 0 Å². The lowest BCUT2D eigenvalue weighted by Crippen LogP contribution is -1.98. The molecule has 0 aliphatic rings. The summed E-state index contributed by atoms with van der Waals surface area (Å²) in [7, 11) is 0. The molecule has 3 rings (SSSR count). The second-order valence-electron chi connectivity index (χ2n) is 10.5. The first kappa shape index (κ1) is 29.9. The van der Waals surface area contributed by atoms with Crippen LogP contribution < -0.4 is 4.74 Å². The Morgan fingerprint density at radius 2 is 1.00 bits per heavy atom. The molecule has 0 saturated heterocycles. The number of benzene rings is 3. The lowest BCUT2D eigenvalue weighted by molar-refractivity contribution is 0.304. The highest BCUT2D eigenvalue weighted by Gasteiger charge is 2.14. The smallest absolute Gasteiger partial charge is 0.166 e. The van der Waals surface area contributed by atoms with Crippen LogP contribution in [-0.4, -0.2) is 6.61 Å². The van der Waals surface area contributed by atoms with Gasteiger partial charge in [0.25, 0.3) is 0 Å². The normalized spacial score (nSPS) is 11.2. The number of ether oxygens (including phenoxy) is 1. The zero-order valence-corrected chi connectivity index (χ0v) is 23.5. The molecule has 0 spiro atoms. The molecule has 1 nitrogen and oxygen atoms in total. The first-order valence-corrected chi connectivity index (χ1v) is 14.9. The van der Waals surface area contributed by atoms with Crippen LogP contribution in [0.2, 0.25) is 0 Å². The fourth-order valence-electron chi connectivity index (χ4n) is 4.94. The number of unbranched alkanes of at least 4 members (excludes halogenated alkanes) is 11. The topological polar surface area (TPSA) is 9.23 Å². The van der Waals surface area contributed by atoms with Crippen molar-refractivity contribution in [2.45, 2.75) is 104 Å².